The van der Waals surface area contributed by atoms with E-state index in [9.17, 15) is 4.79 Å². The van der Waals surface area contributed by atoms with Crippen molar-refractivity contribution >= 4 is 5.97 Å². The zero-order valence-corrected chi connectivity index (χ0v) is 6.49. The van der Waals surface area contributed by atoms with Crippen molar-refractivity contribution in [2.75, 3.05) is 13.1 Å². The molecule has 1 N–H and O–H groups in total. The van der Waals surface area contributed by atoms with Gasteiger partial charge in [0.1, 0.15) is 0 Å². The average Bonchev–Trinajstić information content (AvgIpc) is 2.45. The van der Waals surface area contributed by atoms with Crippen LogP contribution in [0.1, 0.15) is 19.3 Å². The topological polar surface area (TPSA) is 40.5 Å². The van der Waals surface area contributed by atoms with Crippen LogP contribution in [0, 0.1) is 5.92 Å². The Kier molecular flexibility index (Phi) is 1.60. The van der Waals surface area contributed by atoms with E-state index in [4.69, 9.17) is 5.11 Å². The lowest BCUT2D eigenvalue weighted by Crippen LogP contribution is -2.36. The summed E-state index contributed by atoms with van der Waals surface area (Å²) in [5.41, 5.74) is 0. The van der Waals surface area contributed by atoms with Crippen LogP contribution in [-0.4, -0.2) is 35.1 Å². The highest BCUT2D eigenvalue weighted by molar-refractivity contribution is 5.69. The number of rotatable bonds is 2. The van der Waals surface area contributed by atoms with Crippen molar-refractivity contribution in [3.8, 4) is 0 Å². The van der Waals surface area contributed by atoms with Crippen molar-refractivity contribution in [2.24, 2.45) is 5.92 Å². The van der Waals surface area contributed by atoms with Crippen LogP contribution in [0.15, 0.2) is 0 Å². The number of piperidine rings is 1. The van der Waals surface area contributed by atoms with Crippen molar-refractivity contribution in [3.63, 3.8) is 0 Å². The zero-order chi connectivity index (χ0) is 7.84. The Bertz CT molecular complexity index is 181. The van der Waals surface area contributed by atoms with Gasteiger partial charge in [-0.05, 0) is 25.2 Å². The van der Waals surface area contributed by atoms with E-state index in [-0.39, 0.29) is 6.54 Å². The summed E-state index contributed by atoms with van der Waals surface area (Å²) in [7, 11) is 0. The number of likely N-dealkylation sites (tertiary alicyclic amines) is 1. The van der Waals surface area contributed by atoms with Crippen molar-refractivity contribution in [1.82, 2.24) is 4.90 Å². The molecule has 0 unspecified atom stereocenters. The number of carbonyl (C=O) groups is 1. The molecule has 1 saturated heterocycles. The first-order valence-corrected chi connectivity index (χ1v) is 4.21. The highest BCUT2D eigenvalue weighted by Crippen LogP contribution is 2.36. The lowest BCUT2D eigenvalue weighted by molar-refractivity contribution is -0.138. The van der Waals surface area contributed by atoms with Crippen LogP contribution in [-0.2, 0) is 4.79 Å². The second-order valence-corrected chi connectivity index (χ2v) is 3.66. The van der Waals surface area contributed by atoms with E-state index in [1.807, 2.05) is 0 Å². The summed E-state index contributed by atoms with van der Waals surface area (Å²) in [5, 5.41) is 8.56. The second-order valence-electron chi connectivity index (χ2n) is 3.66. The van der Waals surface area contributed by atoms with Gasteiger partial charge in [0.25, 0.3) is 0 Å². The van der Waals surface area contributed by atoms with Gasteiger partial charge in [0.2, 0.25) is 0 Å². The number of fused-ring (bicyclic) bond motifs is 2. The molecule has 0 aromatic heterocycles. The standard InChI is InChI=1S/C8H13NO2/c10-8(11)5-9-4-6-1-2-7(9)3-6/h6-7H,1-5H2,(H,10,11)/t6-,7+/m0/s1. The van der Waals surface area contributed by atoms with Crippen LogP contribution in [0.2, 0.25) is 0 Å². The molecule has 1 heterocycles. The molecule has 3 nitrogen and oxygen atoms in total. The molecular formula is C8H13NO2. The third kappa shape index (κ3) is 1.25. The first-order chi connectivity index (χ1) is 5.25. The van der Waals surface area contributed by atoms with E-state index in [1.165, 1.54) is 19.3 Å². The first-order valence-electron chi connectivity index (χ1n) is 4.21. The molecule has 2 bridgehead atoms. The van der Waals surface area contributed by atoms with Crippen LogP contribution in [0.5, 0.6) is 0 Å². The molecular weight excluding hydrogens is 142 g/mol. The Hall–Kier alpha value is -0.570. The van der Waals surface area contributed by atoms with Gasteiger partial charge in [0, 0.05) is 12.6 Å². The van der Waals surface area contributed by atoms with Gasteiger partial charge in [0.05, 0.1) is 6.54 Å². The smallest absolute Gasteiger partial charge is 0.317 e. The van der Waals surface area contributed by atoms with Crippen molar-refractivity contribution < 1.29 is 9.90 Å². The van der Waals surface area contributed by atoms with Crippen LogP contribution >= 0.6 is 0 Å². The molecule has 2 aliphatic rings. The van der Waals surface area contributed by atoms with E-state index in [2.05, 4.69) is 4.90 Å². The first kappa shape index (κ1) is 7.10. The number of carboxylic acid groups (broad SMARTS) is 1. The molecule has 62 valence electrons. The highest BCUT2D eigenvalue weighted by Gasteiger charge is 2.38. The summed E-state index contributed by atoms with van der Waals surface area (Å²) >= 11 is 0. The van der Waals surface area contributed by atoms with Gasteiger partial charge in [-0.3, -0.25) is 9.69 Å². The number of hydrogen-bond acceptors (Lipinski definition) is 2. The van der Waals surface area contributed by atoms with Crippen molar-refractivity contribution in [2.45, 2.75) is 25.3 Å². The summed E-state index contributed by atoms with van der Waals surface area (Å²) in [4.78, 5) is 12.5. The molecule has 0 amide bonds. The molecule has 1 aliphatic heterocycles. The second kappa shape index (κ2) is 2.48. The Morgan fingerprint density at radius 1 is 1.55 bits per heavy atom. The van der Waals surface area contributed by atoms with Gasteiger partial charge in [-0.15, -0.1) is 0 Å². The third-order valence-corrected chi connectivity index (χ3v) is 2.86. The quantitative estimate of drug-likeness (QED) is 0.633. The summed E-state index contributed by atoms with van der Waals surface area (Å²) < 4.78 is 0. The van der Waals surface area contributed by atoms with E-state index < -0.39 is 5.97 Å². The Labute approximate surface area is 66.0 Å². The van der Waals surface area contributed by atoms with Crippen molar-refractivity contribution in [3.05, 3.63) is 0 Å². The fourth-order valence-corrected chi connectivity index (χ4v) is 2.39. The largest absolute Gasteiger partial charge is 0.480 e. The van der Waals surface area contributed by atoms with E-state index >= 15 is 0 Å². The molecule has 0 aromatic carbocycles. The molecule has 0 spiro atoms. The zero-order valence-electron chi connectivity index (χ0n) is 6.49. The number of nitrogens with zero attached hydrogens (tertiary/aromatic N) is 1. The number of aliphatic carboxylic acids is 1. The van der Waals surface area contributed by atoms with Gasteiger partial charge in [-0.25, -0.2) is 0 Å². The summed E-state index contributed by atoms with van der Waals surface area (Å²) in [6.07, 6.45) is 3.78. The average molecular weight is 155 g/mol. The minimum Gasteiger partial charge on any atom is -0.480 e. The molecule has 1 aliphatic carbocycles. The normalized spacial score (nSPS) is 36.4. The van der Waals surface area contributed by atoms with Crippen LogP contribution in [0.4, 0.5) is 0 Å². The highest BCUT2D eigenvalue weighted by atomic mass is 16.4. The summed E-state index contributed by atoms with van der Waals surface area (Å²) in [6.45, 7) is 1.28. The van der Waals surface area contributed by atoms with E-state index in [0.29, 0.717) is 6.04 Å². The van der Waals surface area contributed by atoms with Crippen LogP contribution < -0.4 is 0 Å². The lowest BCUT2D eigenvalue weighted by Gasteiger charge is -2.24. The molecule has 1 saturated carbocycles. The van der Waals surface area contributed by atoms with Gasteiger partial charge in [0.15, 0.2) is 0 Å². The molecule has 11 heavy (non-hydrogen) atoms. The lowest BCUT2D eigenvalue weighted by atomic mass is 10.1. The molecule has 2 fully saturated rings. The minimum absolute atomic E-state index is 0.251. The SMILES string of the molecule is O=C(O)CN1C[C@H]2CC[C@@H]1C2. The van der Waals surface area contributed by atoms with Crippen LogP contribution in [0.25, 0.3) is 0 Å². The monoisotopic (exact) mass is 155 g/mol. The predicted molar refractivity (Wildman–Crippen MR) is 40.3 cm³/mol. The fourth-order valence-electron chi connectivity index (χ4n) is 2.39. The maximum atomic E-state index is 10.4. The third-order valence-electron chi connectivity index (χ3n) is 2.86. The van der Waals surface area contributed by atoms with Gasteiger partial charge < -0.3 is 5.11 Å². The summed E-state index contributed by atoms with van der Waals surface area (Å²) in [6, 6.07) is 0.594. The van der Waals surface area contributed by atoms with Gasteiger partial charge in [-0.2, -0.15) is 0 Å². The molecule has 2 rings (SSSR count). The summed E-state index contributed by atoms with van der Waals surface area (Å²) in [5.74, 6) is 0.122. The van der Waals surface area contributed by atoms with E-state index in [1.54, 1.807) is 0 Å². The van der Waals surface area contributed by atoms with Crippen molar-refractivity contribution in [1.29, 1.82) is 0 Å². The molecule has 0 aromatic rings. The minimum atomic E-state index is -0.683. The Morgan fingerprint density at radius 3 is 2.82 bits per heavy atom. The maximum Gasteiger partial charge on any atom is 0.317 e. The Balaban J connectivity index is 1.92. The number of carboxylic acids is 1. The molecule has 3 heteroatoms. The number of hydrogen-bond donors (Lipinski definition) is 1. The molecule has 2 atom stereocenters. The Morgan fingerprint density at radius 2 is 2.36 bits per heavy atom. The fraction of sp³-hybridized carbons (Fsp3) is 0.875. The van der Waals surface area contributed by atoms with Gasteiger partial charge >= 0.3 is 5.97 Å². The predicted octanol–water partition coefficient (Wildman–Crippen LogP) is 0.555. The molecule has 0 radical (unpaired) electrons. The van der Waals surface area contributed by atoms with Gasteiger partial charge in [-0.1, -0.05) is 0 Å². The maximum absolute atomic E-state index is 10.4. The van der Waals surface area contributed by atoms with E-state index in [0.717, 1.165) is 12.5 Å². The van der Waals surface area contributed by atoms with Crippen LogP contribution in [0.3, 0.4) is 0 Å².